The van der Waals surface area contributed by atoms with E-state index in [1.165, 1.54) is 0 Å². The van der Waals surface area contributed by atoms with Crippen molar-refractivity contribution in [3.63, 3.8) is 0 Å². The van der Waals surface area contributed by atoms with Crippen molar-refractivity contribution in [1.82, 2.24) is 9.97 Å². The van der Waals surface area contributed by atoms with Crippen LogP contribution in [0, 0.1) is 0 Å². The molecule has 0 radical (unpaired) electrons. The molecule has 0 aliphatic rings. The lowest BCUT2D eigenvalue weighted by atomic mass is 10.4. The van der Waals surface area contributed by atoms with Crippen molar-refractivity contribution in [1.29, 1.82) is 0 Å². The fraction of sp³-hybridized carbons (Fsp3) is 0.556. The van der Waals surface area contributed by atoms with Crippen LogP contribution in [-0.4, -0.2) is 22.3 Å². The van der Waals surface area contributed by atoms with E-state index in [1.54, 1.807) is 21.6 Å². The maximum Gasteiger partial charge on any atom is 0.316 e. The number of aromatic nitrogens is 2. The molecule has 1 aromatic heterocycles. The van der Waals surface area contributed by atoms with E-state index in [4.69, 9.17) is 4.74 Å². The third-order valence-corrected chi connectivity index (χ3v) is 3.11. The molecule has 0 bridgehead atoms. The van der Waals surface area contributed by atoms with Gasteiger partial charge in [0.15, 0.2) is 0 Å². The summed E-state index contributed by atoms with van der Waals surface area (Å²) < 4.78 is 5.34. The zero-order valence-corrected chi connectivity index (χ0v) is 10.2. The Morgan fingerprint density at radius 3 is 2.50 bits per heavy atom. The van der Waals surface area contributed by atoms with Crippen LogP contribution in [0.5, 0.6) is 6.01 Å². The fourth-order valence-electron chi connectivity index (χ4n) is 0.816. The van der Waals surface area contributed by atoms with Gasteiger partial charge < -0.3 is 4.74 Å². The first-order chi connectivity index (χ1) is 6.72. The molecule has 0 aliphatic carbocycles. The Morgan fingerprint density at radius 2 is 2.00 bits per heavy atom. The van der Waals surface area contributed by atoms with E-state index >= 15 is 0 Å². The lowest BCUT2D eigenvalue weighted by Gasteiger charge is -2.07. The van der Waals surface area contributed by atoms with Crippen LogP contribution in [0.15, 0.2) is 12.4 Å². The van der Waals surface area contributed by atoms with E-state index in [0.29, 0.717) is 6.01 Å². The van der Waals surface area contributed by atoms with E-state index in [2.05, 4.69) is 16.2 Å². The van der Waals surface area contributed by atoms with Crippen molar-refractivity contribution < 1.29 is 4.74 Å². The fourth-order valence-corrected chi connectivity index (χ4v) is 1.98. The maximum absolute atomic E-state index is 5.34. The molecule has 0 fully saturated rings. The molecule has 0 unspecified atom stereocenters. The van der Waals surface area contributed by atoms with E-state index < -0.39 is 0 Å². The van der Waals surface area contributed by atoms with Crippen LogP contribution in [0.2, 0.25) is 0 Å². The largest absolute Gasteiger partial charge is 0.461 e. The summed E-state index contributed by atoms with van der Waals surface area (Å²) in [6.07, 6.45) is 5.81. The van der Waals surface area contributed by atoms with Crippen LogP contribution in [-0.2, 0) is 5.75 Å². The molecule has 1 aromatic rings. The van der Waals surface area contributed by atoms with Crippen LogP contribution in [0.4, 0.5) is 0 Å². The molecule has 0 spiro atoms. The van der Waals surface area contributed by atoms with Crippen molar-refractivity contribution in [3.8, 4) is 6.01 Å². The first-order valence-electron chi connectivity index (χ1n) is 4.35. The summed E-state index contributed by atoms with van der Waals surface area (Å²) >= 11 is 0. The van der Waals surface area contributed by atoms with E-state index in [1.807, 2.05) is 26.2 Å². The van der Waals surface area contributed by atoms with Crippen LogP contribution in [0.3, 0.4) is 0 Å². The topological polar surface area (TPSA) is 35.0 Å². The highest BCUT2D eigenvalue weighted by Gasteiger charge is 2.00. The molecule has 0 saturated carbocycles. The Kier molecular flexibility index (Phi) is 5.11. The first-order valence-corrected chi connectivity index (χ1v) is 7.08. The minimum Gasteiger partial charge on any atom is -0.461 e. The second-order valence-electron chi connectivity index (χ2n) is 2.97. The highest BCUT2D eigenvalue weighted by molar-refractivity contribution is 8.76. The predicted octanol–water partition coefficient (Wildman–Crippen LogP) is 2.78. The molecule has 0 N–H and O–H groups in total. The van der Waals surface area contributed by atoms with Crippen molar-refractivity contribution in [3.05, 3.63) is 18.0 Å². The highest BCUT2D eigenvalue weighted by atomic mass is 33.1. The Labute approximate surface area is 92.5 Å². The second-order valence-corrected chi connectivity index (χ2v) is 5.53. The Balaban J connectivity index is 2.50. The zero-order valence-electron chi connectivity index (χ0n) is 8.56. The van der Waals surface area contributed by atoms with Gasteiger partial charge in [-0.2, -0.15) is 0 Å². The van der Waals surface area contributed by atoms with Gasteiger partial charge in [0.25, 0.3) is 0 Å². The monoisotopic (exact) mass is 230 g/mol. The van der Waals surface area contributed by atoms with Gasteiger partial charge in [-0.1, -0.05) is 21.6 Å². The summed E-state index contributed by atoms with van der Waals surface area (Å²) in [4.78, 5) is 8.23. The smallest absolute Gasteiger partial charge is 0.316 e. The van der Waals surface area contributed by atoms with Crippen molar-refractivity contribution in [2.45, 2.75) is 25.7 Å². The van der Waals surface area contributed by atoms with Gasteiger partial charge in [-0.25, -0.2) is 9.97 Å². The van der Waals surface area contributed by atoms with E-state index in [0.717, 1.165) is 11.3 Å². The number of rotatable bonds is 5. The summed E-state index contributed by atoms with van der Waals surface area (Å²) in [6.45, 7) is 3.92. The van der Waals surface area contributed by atoms with Gasteiger partial charge in [-0.3, -0.25) is 0 Å². The van der Waals surface area contributed by atoms with Crippen molar-refractivity contribution >= 4 is 21.6 Å². The number of hydrogen-bond donors (Lipinski definition) is 0. The van der Waals surface area contributed by atoms with Gasteiger partial charge in [-0.15, -0.1) is 0 Å². The normalized spacial score (nSPS) is 10.6. The molecule has 3 nitrogen and oxygen atoms in total. The lowest BCUT2D eigenvalue weighted by Crippen LogP contribution is -2.08. The van der Waals surface area contributed by atoms with Gasteiger partial charge in [0, 0.05) is 18.1 Å². The molecule has 0 saturated heterocycles. The maximum atomic E-state index is 5.34. The van der Waals surface area contributed by atoms with Crippen LogP contribution in [0.25, 0.3) is 0 Å². The minimum absolute atomic E-state index is 0.126. The van der Waals surface area contributed by atoms with Crippen molar-refractivity contribution in [2.24, 2.45) is 0 Å². The van der Waals surface area contributed by atoms with Crippen LogP contribution < -0.4 is 4.74 Å². The van der Waals surface area contributed by atoms with Crippen LogP contribution >= 0.6 is 21.6 Å². The van der Waals surface area contributed by atoms with E-state index in [-0.39, 0.29) is 6.10 Å². The summed E-state index contributed by atoms with van der Waals surface area (Å²) in [7, 11) is 3.52. The molecule has 5 heteroatoms. The minimum atomic E-state index is 0.126. The lowest BCUT2D eigenvalue weighted by molar-refractivity contribution is 0.222. The third-order valence-electron chi connectivity index (χ3n) is 1.37. The molecule has 1 heterocycles. The Bertz CT molecular complexity index is 264. The zero-order chi connectivity index (χ0) is 10.4. The average Bonchev–Trinajstić information content (AvgIpc) is 2.16. The number of hydrogen-bond acceptors (Lipinski definition) is 5. The molecule has 14 heavy (non-hydrogen) atoms. The molecule has 0 atom stereocenters. The molecule has 78 valence electrons. The summed E-state index contributed by atoms with van der Waals surface area (Å²) in [6, 6.07) is 0.456. The molecule has 0 amide bonds. The molecular formula is C9H14N2OS2. The summed E-state index contributed by atoms with van der Waals surface area (Å²) in [5.41, 5.74) is 1.13. The summed E-state index contributed by atoms with van der Waals surface area (Å²) in [5.74, 6) is 0.934. The second kappa shape index (κ2) is 6.14. The molecule has 0 aromatic carbocycles. The standard InChI is InChI=1S/C9H14N2OS2/c1-7(2)12-9-10-4-8(5-11-9)6-14-13-3/h4-5,7H,6H2,1-3H3. The SMILES string of the molecule is CSSCc1cnc(OC(C)C)nc1. The highest BCUT2D eigenvalue weighted by Crippen LogP contribution is 2.22. The average molecular weight is 230 g/mol. The van der Waals surface area contributed by atoms with Gasteiger partial charge in [0.2, 0.25) is 0 Å². The van der Waals surface area contributed by atoms with Gasteiger partial charge >= 0.3 is 6.01 Å². The van der Waals surface area contributed by atoms with Crippen LogP contribution in [0.1, 0.15) is 19.4 Å². The van der Waals surface area contributed by atoms with Crippen molar-refractivity contribution in [2.75, 3.05) is 6.26 Å². The number of nitrogens with zero attached hydrogens (tertiary/aromatic N) is 2. The summed E-state index contributed by atoms with van der Waals surface area (Å²) in [5, 5.41) is 0. The molecular weight excluding hydrogens is 216 g/mol. The Morgan fingerprint density at radius 1 is 1.36 bits per heavy atom. The molecule has 1 rings (SSSR count). The quantitative estimate of drug-likeness (QED) is 0.727. The predicted molar refractivity (Wildman–Crippen MR) is 62.6 cm³/mol. The van der Waals surface area contributed by atoms with E-state index in [9.17, 15) is 0 Å². The third kappa shape index (κ3) is 4.19. The van der Waals surface area contributed by atoms with Gasteiger partial charge in [-0.05, 0) is 25.7 Å². The molecule has 0 aliphatic heterocycles. The van der Waals surface area contributed by atoms with Gasteiger partial charge in [0.1, 0.15) is 0 Å². The van der Waals surface area contributed by atoms with Gasteiger partial charge in [0.05, 0.1) is 6.10 Å². The number of ether oxygens (including phenoxy) is 1. The first kappa shape index (κ1) is 11.7. The Hall–Kier alpha value is -0.420.